The minimum absolute atomic E-state index is 0.0277. The first-order valence-electron chi connectivity index (χ1n) is 6.02. The van der Waals surface area contributed by atoms with Gasteiger partial charge in [-0.15, -0.1) is 0 Å². The van der Waals surface area contributed by atoms with Crippen LogP contribution in [0.1, 0.15) is 31.9 Å². The van der Waals surface area contributed by atoms with Gasteiger partial charge in [-0.25, -0.2) is 0 Å². The predicted molar refractivity (Wildman–Crippen MR) is 69.9 cm³/mol. The molecule has 0 aliphatic carbocycles. The Kier molecular flexibility index (Phi) is 5.31. The third-order valence-electron chi connectivity index (χ3n) is 2.19. The Morgan fingerprint density at radius 2 is 2.00 bits per heavy atom. The molecule has 4 heteroatoms. The first kappa shape index (κ1) is 14.7. The highest BCUT2D eigenvalue weighted by Gasteiger charge is 2.15. The molecule has 0 amide bonds. The highest BCUT2D eigenvalue weighted by molar-refractivity contribution is 5.72. The number of nitrogens with one attached hydrogen (secondary N) is 1. The van der Waals surface area contributed by atoms with Crippen LogP contribution in [0.15, 0.2) is 24.3 Å². The van der Waals surface area contributed by atoms with Crippen LogP contribution < -0.4 is 5.32 Å². The number of aliphatic hydroxyl groups excluding tert-OH is 1. The van der Waals surface area contributed by atoms with Crippen molar-refractivity contribution in [3.8, 4) is 0 Å². The number of carbonyl (C=O) groups is 1. The van der Waals surface area contributed by atoms with E-state index >= 15 is 0 Å². The second-order valence-corrected chi connectivity index (χ2v) is 5.17. The van der Waals surface area contributed by atoms with E-state index in [-0.39, 0.29) is 19.1 Å². The predicted octanol–water partition coefficient (Wildman–Crippen LogP) is 1.61. The van der Waals surface area contributed by atoms with Crippen molar-refractivity contribution in [2.24, 2.45) is 0 Å². The zero-order valence-corrected chi connectivity index (χ0v) is 11.2. The molecule has 0 saturated carbocycles. The summed E-state index contributed by atoms with van der Waals surface area (Å²) in [6.45, 7) is 6.31. The Morgan fingerprint density at radius 1 is 1.33 bits per heavy atom. The first-order chi connectivity index (χ1) is 8.40. The van der Waals surface area contributed by atoms with Crippen LogP contribution in [0.3, 0.4) is 0 Å². The number of benzene rings is 1. The van der Waals surface area contributed by atoms with Gasteiger partial charge in [-0.2, -0.15) is 0 Å². The van der Waals surface area contributed by atoms with Crippen LogP contribution in [-0.4, -0.2) is 23.2 Å². The number of aliphatic hydroxyl groups is 1. The fourth-order valence-corrected chi connectivity index (χ4v) is 1.52. The summed E-state index contributed by atoms with van der Waals surface area (Å²) in [6, 6.07) is 7.59. The molecule has 0 aliphatic heterocycles. The van der Waals surface area contributed by atoms with Crippen molar-refractivity contribution in [2.45, 2.75) is 39.5 Å². The van der Waals surface area contributed by atoms with Gasteiger partial charge in [-0.1, -0.05) is 24.3 Å². The standard InChI is InChI=1S/C14H21NO3/c1-14(2,3)18-13(17)9-15-8-11-5-4-6-12(7-11)10-16/h4-7,15-16H,8-10H2,1-3H3. The quantitative estimate of drug-likeness (QED) is 0.781. The van der Waals surface area contributed by atoms with E-state index < -0.39 is 5.60 Å². The summed E-state index contributed by atoms with van der Waals surface area (Å²) in [5.74, 6) is -0.263. The van der Waals surface area contributed by atoms with Crippen LogP contribution in [0.25, 0.3) is 0 Å². The largest absolute Gasteiger partial charge is 0.459 e. The van der Waals surface area contributed by atoms with Gasteiger partial charge in [0.05, 0.1) is 13.2 Å². The molecule has 0 atom stereocenters. The zero-order chi connectivity index (χ0) is 13.6. The van der Waals surface area contributed by atoms with E-state index in [1.807, 2.05) is 45.0 Å². The van der Waals surface area contributed by atoms with E-state index in [1.54, 1.807) is 0 Å². The second kappa shape index (κ2) is 6.52. The molecule has 0 heterocycles. The third-order valence-corrected chi connectivity index (χ3v) is 2.19. The molecule has 100 valence electrons. The number of carbonyl (C=O) groups excluding carboxylic acids is 1. The lowest BCUT2D eigenvalue weighted by molar-refractivity contribution is -0.153. The molecular weight excluding hydrogens is 230 g/mol. The van der Waals surface area contributed by atoms with E-state index in [0.29, 0.717) is 6.54 Å². The minimum atomic E-state index is -0.449. The van der Waals surface area contributed by atoms with Crippen LogP contribution >= 0.6 is 0 Å². The molecule has 0 spiro atoms. The van der Waals surface area contributed by atoms with Gasteiger partial charge in [-0.3, -0.25) is 4.79 Å². The topological polar surface area (TPSA) is 58.6 Å². The fraction of sp³-hybridized carbons (Fsp3) is 0.500. The van der Waals surface area contributed by atoms with Crippen LogP contribution in [0.4, 0.5) is 0 Å². The molecule has 0 aliphatic rings. The third kappa shape index (κ3) is 5.80. The molecular formula is C14H21NO3. The van der Waals surface area contributed by atoms with Gasteiger partial charge in [0.2, 0.25) is 0 Å². The van der Waals surface area contributed by atoms with Crippen molar-refractivity contribution in [3.05, 3.63) is 35.4 Å². The van der Waals surface area contributed by atoms with Crippen molar-refractivity contribution in [1.82, 2.24) is 5.32 Å². The van der Waals surface area contributed by atoms with Crippen molar-refractivity contribution in [2.75, 3.05) is 6.54 Å². The molecule has 0 bridgehead atoms. The smallest absolute Gasteiger partial charge is 0.320 e. The van der Waals surface area contributed by atoms with Crippen molar-refractivity contribution in [1.29, 1.82) is 0 Å². The van der Waals surface area contributed by atoms with Gasteiger partial charge in [0.1, 0.15) is 5.60 Å². The molecule has 0 saturated heterocycles. The summed E-state index contributed by atoms with van der Waals surface area (Å²) in [6.07, 6.45) is 0. The van der Waals surface area contributed by atoms with Crippen molar-refractivity contribution < 1.29 is 14.6 Å². The Balaban J connectivity index is 2.35. The number of esters is 1. The van der Waals surface area contributed by atoms with Crippen molar-refractivity contribution >= 4 is 5.97 Å². The highest BCUT2D eigenvalue weighted by Crippen LogP contribution is 2.07. The van der Waals surface area contributed by atoms with E-state index in [4.69, 9.17) is 9.84 Å². The van der Waals surface area contributed by atoms with Crippen molar-refractivity contribution in [3.63, 3.8) is 0 Å². The average molecular weight is 251 g/mol. The Hall–Kier alpha value is -1.39. The second-order valence-electron chi connectivity index (χ2n) is 5.17. The van der Waals surface area contributed by atoms with E-state index in [2.05, 4.69) is 5.32 Å². The average Bonchev–Trinajstić information content (AvgIpc) is 2.27. The Labute approximate surface area is 108 Å². The molecule has 18 heavy (non-hydrogen) atoms. The lowest BCUT2D eigenvalue weighted by atomic mass is 10.1. The monoisotopic (exact) mass is 251 g/mol. The summed E-state index contributed by atoms with van der Waals surface area (Å²) in [5.41, 5.74) is 1.45. The summed E-state index contributed by atoms with van der Waals surface area (Å²) in [7, 11) is 0. The number of ether oxygens (including phenoxy) is 1. The number of rotatable bonds is 5. The minimum Gasteiger partial charge on any atom is -0.459 e. The summed E-state index contributed by atoms with van der Waals surface area (Å²) in [4.78, 5) is 11.4. The molecule has 4 nitrogen and oxygen atoms in total. The van der Waals surface area contributed by atoms with E-state index in [9.17, 15) is 4.79 Å². The zero-order valence-electron chi connectivity index (χ0n) is 11.2. The first-order valence-corrected chi connectivity index (χ1v) is 6.02. The summed E-state index contributed by atoms with van der Waals surface area (Å²) in [5, 5.41) is 12.0. The van der Waals surface area contributed by atoms with Crippen LogP contribution in [0.5, 0.6) is 0 Å². The van der Waals surface area contributed by atoms with Crippen LogP contribution in [0, 0.1) is 0 Å². The van der Waals surface area contributed by atoms with Gasteiger partial charge < -0.3 is 15.2 Å². The highest BCUT2D eigenvalue weighted by atomic mass is 16.6. The maximum atomic E-state index is 11.4. The van der Waals surface area contributed by atoms with Gasteiger partial charge in [-0.05, 0) is 31.9 Å². The molecule has 1 aromatic carbocycles. The molecule has 0 fully saturated rings. The lowest BCUT2D eigenvalue weighted by Gasteiger charge is -2.19. The summed E-state index contributed by atoms with van der Waals surface area (Å²) >= 11 is 0. The molecule has 0 radical (unpaired) electrons. The number of hydrogen-bond acceptors (Lipinski definition) is 4. The maximum Gasteiger partial charge on any atom is 0.320 e. The molecule has 1 rings (SSSR count). The Bertz CT molecular complexity index is 396. The van der Waals surface area contributed by atoms with Gasteiger partial charge >= 0.3 is 5.97 Å². The normalized spacial score (nSPS) is 11.3. The van der Waals surface area contributed by atoms with Gasteiger partial charge in [0.25, 0.3) is 0 Å². The van der Waals surface area contributed by atoms with E-state index in [1.165, 1.54) is 0 Å². The molecule has 0 aromatic heterocycles. The molecule has 2 N–H and O–H groups in total. The van der Waals surface area contributed by atoms with E-state index in [0.717, 1.165) is 11.1 Å². The van der Waals surface area contributed by atoms with Crippen LogP contribution in [-0.2, 0) is 22.7 Å². The molecule has 0 unspecified atom stereocenters. The molecule has 1 aromatic rings. The SMILES string of the molecule is CC(C)(C)OC(=O)CNCc1cccc(CO)c1. The Morgan fingerprint density at radius 3 is 2.61 bits per heavy atom. The number of hydrogen-bond donors (Lipinski definition) is 2. The maximum absolute atomic E-state index is 11.4. The fourth-order valence-electron chi connectivity index (χ4n) is 1.52. The van der Waals surface area contributed by atoms with Crippen LogP contribution in [0.2, 0.25) is 0 Å². The van der Waals surface area contributed by atoms with Gasteiger partial charge in [0, 0.05) is 6.54 Å². The van der Waals surface area contributed by atoms with Gasteiger partial charge in [0.15, 0.2) is 0 Å². The lowest BCUT2D eigenvalue weighted by Crippen LogP contribution is -2.31. The summed E-state index contributed by atoms with van der Waals surface area (Å²) < 4.78 is 5.18.